The van der Waals surface area contributed by atoms with E-state index in [-0.39, 0.29) is 16.3 Å². The molecule has 6 nitrogen and oxygen atoms in total. The summed E-state index contributed by atoms with van der Waals surface area (Å²) in [4.78, 5) is 4.52. The van der Waals surface area contributed by atoms with Gasteiger partial charge in [-0.05, 0) is 36.2 Å². The van der Waals surface area contributed by atoms with E-state index in [0.717, 1.165) is 28.5 Å². The minimum absolute atomic E-state index is 0.0637. The summed E-state index contributed by atoms with van der Waals surface area (Å²) in [5.41, 5.74) is 1.91. The number of aromatic nitrogens is 2. The molecule has 1 aromatic heterocycles. The summed E-state index contributed by atoms with van der Waals surface area (Å²) in [6.07, 6.45) is 1.71. The van der Waals surface area contributed by atoms with Gasteiger partial charge in [-0.15, -0.1) is 0 Å². The second kappa shape index (κ2) is 4.92. The van der Waals surface area contributed by atoms with E-state index >= 15 is 0 Å². The third-order valence-corrected chi connectivity index (χ3v) is 4.16. The molecule has 0 amide bonds. The average Bonchev–Trinajstić information content (AvgIpc) is 3.01. The third-order valence-electron chi connectivity index (χ3n) is 3.27. The van der Waals surface area contributed by atoms with Crippen LogP contribution in [0.3, 0.4) is 0 Å². The summed E-state index contributed by atoms with van der Waals surface area (Å²) < 4.78 is 16.6. The van der Waals surface area contributed by atoms with Crippen molar-refractivity contribution in [3.63, 3.8) is 0 Å². The van der Waals surface area contributed by atoms with Gasteiger partial charge < -0.3 is 10.4 Å². The van der Waals surface area contributed by atoms with E-state index in [0.29, 0.717) is 5.96 Å². The summed E-state index contributed by atoms with van der Waals surface area (Å²) in [6, 6.07) is 8.17. The van der Waals surface area contributed by atoms with Gasteiger partial charge in [-0.1, -0.05) is 6.07 Å². The van der Waals surface area contributed by atoms with Crippen LogP contribution in [0.2, 0.25) is 0 Å². The fourth-order valence-electron chi connectivity index (χ4n) is 2.23. The zero-order valence-corrected chi connectivity index (χ0v) is 11.9. The van der Waals surface area contributed by atoms with Crippen molar-refractivity contribution in [2.24, 2.45) is 4.99 Å². The van der Waals surface area contributed by atoms with Gasteiger partial charge in [0.1, 0.15) is 17.3 Å². The molecule has 4 rings (SSSR count). The van der Waals surface area contributed by atoms with Crippen LogP contribution in [-0.4, -0.2) is 21.3 Å². The lowest BCUT2D eigenvalue weighted by Crippen LogP contribution is -2.27. The van der Waals surface area contributed by atoms with Gasteiger partial charge in [-0.3, -0.25) is 9.82 Å². The van der Waals surface area contributed by atoms with Crippen molar-refractivity contribution < 1.29 is 9.50 Å². The van der Waals surface area contributed by atoms with E-state index in [4.69, 9.17) is 0 Å². The number of halogens is 1. The van der Waals surface area contributed by atoms with Gasteiger partial charge in [0.05, 0.1) is 22.3 Å². The molecule has 3 aromatic rings. The Kier molecular flexibility index (Phi) is 2.90. The van der Waals surface area contributed by atoms with Gasteiger partial charge in [-0.25, -0.2) is 9.38 Å². The molecule has 0 saturated heterocycles. The van der Waals surface area contributed by atoms with Crippen LogP contribution in [0, 0.1) is 5.82 Å². The molecular weight excluding hydrogens is 305 g/mol. The Morgan fingerprint density at radius 2 is 2.14 bits per heavy atom. The number of fused-ring (bicyclic) bond motifs is 2. The molecule has 0 radical (unpaired) electrons. The van der Waals surface area contributed by atoms with E-state index < -0.39 is 5.82 Å². The molecular formula is C14H10FN5OS. The number of rotatable bonds is 1. The first-order valence-corrected chi connectivity index (χ1v) is 7.26. The Labute approximate surface area is 128 Å². The number of H-pyrrole nitrogens is 1. The van der Waals surface area contributed by atoms with Crippen molar-refractivity contribution in [2.75, 3.05) is 5.32 Å². The van der Waals surface area contributed by atoms with E-state index in [2.05, 4.69) is 25.2 Å². The molecule has 110 valence electrons. The second-order valence-corrected chi connectivity index (χ2v) is 5.49. The van der Waals surface area contributed by atoms with Crippen LogP contribution in [-0.2, 0) is 0 Å². The van der Waals surface area contributed by atoms with Crippen LogP contribution >= 0.6 is 11.9 Å². The zero-order chi connectivity index (χ0) is 15.1. The minimum atomic E-state index is -0.426. The number of benzene rings is 2. The fourth-order valence-corrected chi connectivity index (χ4v) is 2.94. The lowest BCUT2D eigenvalue weighted by Gasteiger charge is -2.19. The van der Waals surface area contributed by atoms with Crippen molar-refractivity contribution >= 4 is 40.2 Å². The predicted octanol–water partition coefficient (Wildman–Crippen LogP) is 3.12. The monoisotopic (exact) mass is 315 g/mol. The second-order valence-electron chi connectivity index (χ2n) is 4.67. The van der Waals surface area contributed by atoms with E-state index in [1.807, 2.05) is 18.2 Å². The molecule has 1 aliphatic heterocycles. The Bertz CT molecular complexity index is 907. The number of aromatic hydroxyl groups is 1. The Morgan fingerprint density at radius 1 is 1.23 bits per heavy atom. The number of nitrogens with zero attached hydrogens (tertiary/aromatic N) is 2. The van der Waals surface area contributed by atoms with Crippen LogP contribution in [0.1, 0.15) is 0 Å². The van der Waals surface area contributed by atoms with Crippen LogP contribution in [0.5, 0.6) is 5.75 Å². The first kappa shape index (κ1) is 13.0. The van der Waals surface area contributed by atoms with Crippen LogP contribution < -0.4 is 10.0 Å². The summed E-state index contributed by atoms with van der Waals surface area (Å²) in [7, 11) is 0. The van der Waals surface area contributed by atoms with Crippen molar-refractivity contribution in [3.8, 4) is 5.75 Å². The minimum Gasteiger partial charge on any atom is -0.506 e. The topological polar surface area (TPSA) is 85.3 Å². The van der Waals surface area contributed by atoms with Crippen molar-refractivity contribution in [1.29, 1.82) is 0 Å². The first-order chi connectivity index (χ1) is 10.7. The van der Waals surface area contributed by atoms with Gasteiger partial charge >= 0.3 is 0 Å². The molecule has 2 aromatic carbocycles. The Hall–Kier alpha value is -2.74. The van der Waals surface area contributed by atoms with Crippen molar-refractivity contribution in [2.45, 2.75) is 4.90 Å². The number of aliphatic imine (C=N–C) groups is 1. The van der Waals surface area contributed by atoms with Gasteiger partial charge in [0.25, 0.3) is 0 Å². The molecule has 1 aliphatic rings. The first-order valence-electron chi connectivity index (χ1n) is 6.44. The van der Waals surface area contributed by atoms with Gasteiger partial charge in [0, 0.05) is 5.39 Å². The number of hydrogen-bond acceptors (Lipinski definition) is 6. The Morgan fingerprint density at radius 3 is 3.05 bits per heavy atom. The average molecular weight is 315 g/mol. The quantitative estimate of drug-likeness (QED) is 0.518. The summed E-state index contributed by atoms with van der Waals surface area (Å²) in [5.74, 6) is -0.0802. The molecule has 2 heterocycles. The largest absolute Gasteiger partial charge is 0.506 e. The lowest BCUT2D eigenvalue weighted by molar-refractivity contribution is 0.471. The van der Waals surface area contributed by atoms with E-state index in [1.54, 1.807) is 6.20 Å². The number of guanidine groups is 1. The summed E-state index contributed by atoms with van der Waals surface area (Å²) in [5, 5.41) is 20.8. The molecule has 22 heavy (non-hydrogen) atoms. The number of aromatic amines is 1. The maximum Gasteiger partial charge on any atom is 0.211 e. The van der Waals surface area contributed by atoms with Gasteiger partial charge in [0.2, 0.25) is 5.96 Å². The molecule has 0 saturated carbocycles. The normalized spacial score (nSPS) is 13.4. The summed E-state index contributed by atoms with van der Waals surface area (Å²) in [6.45, 7) is 0. The maximum absolute atomic E-state index is 13.7. The highest BCUT2D eigenvalue weighted by Gasteiger charge is 2.20. The highest BCUT2D eigenvalue weighted by atomic mass is 32.2. The molecule has 4 N–H and O–H groups in total. The molecule has 0 bridgehead atoms. The van der Waals surface area contributed by atoms with Crippen LogP contribution in [0.4, 0.5) is 15.8 Å². The molecule has 0 unspecified atom stereocenters. The van der Waals surface area contributed by atoms with Crippen LogP contribution in [0.15, 0.2) is 46.4 Å². The molecule has 0 aliphatic carbocycles. The number of phenols is 1. The molecule has 0 atom stereocenters. The smallest absolute Gasteiger partial charge is 0.211 e. The van der Waals surface area contributed by atoms with Gasteiger partial charge in [0.15, 0.2) is 0 Å². The fraction of sp³-hybridized carbons (Fsp3) is 0. The maximum atomic E-state index is 13.7. The highest BCUT2D eigenvalue weighted by molar-refractivity contribution is 7.98. The lowest BCUT2D eigenvalue weighted by atomic mass is 10.2. The Balaban J connectivity index is 1.74. The number of hydrogen-bond donors (Lipinski definition) is 4. The number of nitrogens with one attached hydrogen (secondary N) is 3. The zero-order valence-electron chi connectivity index (χ0n) is 11.1. The molecule has 0 spiro atoms. The van der Waals surface area contributed by atoms with Crippen molar-refractivity contribution in [3.05, 3.63) is 42.3 Å². The number of anilines is 1. The van der Waals surface area contributed by atoms with Gasteiger partial charge in [-0.2, -0.15) is 5.10 Å². The highest BCUT2D eigenvalue weighted by Crippen LogP contribution is 2.40. The SMILES string of the molecule is Oc1ccc(F)c2c1N=C(Nc1cccc3[nH]ncc13)NS2. The van der Waals surface area contributed by atoms with E-state index in [9.17, 15) is 9.50 Å². The van der Waals surface area contributed by atoms with Crippen molar-refractivity contribution in [1.82, 2.24) is 14.9 Å². The predicted molar refractivity (Wildman–Crippen MR) is 83.9 cm³/mol. The summed E-state index contributed by atoms with van der Waals surface area (Å²) >= 11 is 1.06. The number of phenolic OH excluding ortho intramolecular Hbond substituents is 1. The van der Waals surface area contributed by atoms with E-state index in [1.165, 1.54) is 12.1 Å². The standard InChI is InChI=1S/C14H10FN5OS/c15-8-4-5-11(21)12-13(8)22-20-14(18-12)17-9-2-1-3-10-7(9)6-16-19-10/h1-6,21H,(H,16,19)(H2,17,18,20). The third kappa shape index (κ3) is 2.04. The van der Waals surface area contributed by atoms with Crippen LogP contribution in [0.25, 0.3) is 10.9 Å². The molecule has 0 fully saturated rings. The molecule has 8 heteroatoms.